The van der Waals surface area contributed by atoms with Crippen molar-refractivity contribution in [1.29, 1.82) is 0 Å². The fourth-order valence-corrected chi connectivity index (χ4v) is 1.34. The molecule has 2 aromatic heterocycles. The zero-order valence-electron chi connectivity index (χ0n) is 8.00. The van der Waals surface area contributed by atoms with Crippen molar-refractivity contribution in [2.75, 3.05) is 0 Å². The second kappa shape index (κ2) is 2.91. The molecule has 0 radical (unpaired) electrons. The van der Waals surface area contributed by atoms with Gasteiger partial charge in [-0.3, -0.25) is 9.38 Å². The maximum Gasteiger partial charge on any atom is 0.452 e. The Morgan fingerprint density at radius 1 is 1.20 bits per heavy atom. The minimum atomic E-state index is -4.50. The Morgan fingerprint density at radius 3 is 2.47 bits per heavy atom. The van der Waals surface area contributed by atoms with E-state index in [4.69, 9.17) is 0 Å². The number of hydrogen-bond acceptors (Lipinski definition) is 3. The number of rotatable bonds is 0. The predicted molar refractivity (Wildman–Crippen MR) is 45.3 cm³/mol. The lowest BCUT2D eigenvalue weighted by Crippen LogP contribution is -2.12. The smallest absolute Gasteiger partial charge is 0.273 e. The molecule has 0 aliphatic rings. The molecule has 0 N–H and O–H groups in total. The van der Waals surface area contributed by atoms with Crippen molar-refractivity contribution in [3.8, 4) is 0 Å². The summed E-state index contributed by atoms with van der Waals surface area (Å²) in [5.41, 5.74) is 0.916. The van der Waals surface area contributed by atoms with E-state index in [2.05, 4.69) is 15.2 Å². The predicted octanol–water partition coefficient (Wildman–Crippen LogP) is 1.76. The molecule has 2 aromatic rings. The molecule has 2 rings (SSSR count). The molecule has 0 unspecified atom stereocenters. The molecule has 0 saturated carbocycles. The molecule has 0 spiro atoms. The Balaban J connectivity index is 2.85. The molecule has 0 aromatic carbocycles. The van der Waals surface area contributed by atoms with Gasteiger partial charge < -0.3 is 0 Å². The van der Waals surface area contributed by atoms with Gasteiger partial charge in [0.15, 0.2) is 5.65 Å². The Kier molecular flexibility index (Phi) is 1.92. The Labute approximate surface area is 82.8 Å². The number of alkyl halides is 3. The third-order valence-corrected chi connectivity index (χ3v) is 2.04. The second-order valence-corrected chi connectivity index (χ2v) is 3.17. The van der Waals surface area contributed by atoms with Gasteiger partial charge in [-0.1, -0.05) is 0 Å². The molecule has 0 aliphatic heterocycles. The Morgan fingerprint density at radius 2 is 1.87 bits per heavy atom. The van der Waals surface area contributed by atoms with Gasteiger partial charge in [0, 0.05) is 11.9 Å². The van der Waals surface area contributed by atoms with Gasteiger partial charge >= 0.3 is 6.18 Å². The molecule has 0 atom stereocenters. The summed E-state index contributed by atoms with van der Waals surface area (Å²) < 4.78 is 38.5. The zero-order chi connectivity index (χ0) is 11.2. The third kappa shape index (κ3) is 1.43. The molecule has 0 aliphatic carbocycles. The van der Waals surface area contributed by atoms with Crippen molar-refractivity contribution >= 4 is 5.65 Å². The van der Waals surface area contributed by atoms with E-state index in [1.54, 1.807) is 6.92 Å². The van der Waals surface area contributed by atoms with Crippen LogP contribution in [-0.4, -0.2) is 19.6 Å². The van der Waals surface area contributed by atoms with Gasteiger partial charge in [0.25, 0.3) is 0 Å². The van der Waals surface area contributed by atoms with Crippen LogP contribution in [0, 0.1) is 13.8 Å². The van der Waals surface area contributed by atoms with E-state index in [1.807, 2.05) is 0 Å². The van der Waals surface area contributed by atoms with Crippen LogP contribution >= 0.6 is 0 Å². The first-order chi connectivity index (χ1) is 6.91. The summed E-state index contributed by atoms with van der Waals surface area (Å²) in [5, 5.41) is 6.61. The van der Waals surface area contributed by atoms with Crippen molar-refractivity contribution < 1.29 is 13.2 Å². The molecule has 15 heavy (non-hydrogen) atoms. The zero-order valence-corrected chi connectivity index (χ0v) is 8.00. The van der Waals surface area contributed by atoms with E-state index in [-0.39, 0.29) is 5.65 Å². The molecule has 80 valence electrons. The standard InChI is InChI=1S/C8H7F3N4/c1-4-3-12-5(2)6-13-14-7(15(4)6)8(9,10)11/h3H,1-2H3. The summed E-state index contributed by atoms with van der Waals surface area (Å²) in [4.78, 5) is 3.91. The van der Waals surface area contributed by atoms with Crippen LogP contribution in [0.15, 0.2) is 6.20 Å². The van der Waals surface area contributed by atoms with Gasteiger partial charge in [-0.2, -0.15) is 13.2 Å². The van der Waals surface area contributed by atoms with Gasteiger partial charge in [-0.05, 0) is 13.8 Å². The highest BCUT2D eigenvalue weighted by Gasteiger charge is 2.37. The summed E-state index contributed by atoms with van der Waals surface area (Å²) in [6, 6.07) is 0. The summed E-state index contributed by atoms with van der Waals surface area (Å²) in [5.74, 6) is -1.01. The number of aromatic nitrogens is 4. The highest BCUT2D eigenvalue weighted by molar-refractivity contribution is 5.44. The van der Waals surface area contributed by atoms with Gasteiger partial charge in [0.1, 0.15) is 0 Å². The fraction of sp³-hybridized carbons (Fsp3) is 0.375. The van der Waals surface area contributed by atoms with Crippen molar-refractivity contribution in [1.82, 2.24) is 19.6 Å². The van der Waals surface area contributed by atoms with Crippen molar-refractivity contribution in [2.45, 2.75) is 20.0 Å². The average molecular weight is 216 g/mol. The summed E-state index contributed by atoms with van der Waals surface area (Å²) in [6.07, 6.45) is -3.14. The van der Waals surface area contributed by atoms with Crippen LogP contribution in [-0.2, 0) is 6.18 Å². The third-order valence-electron chi connectivity index (χ3n) is 2.04. The Bertz CT molecular complexity index is 514. The number of aryl methyl sites for hydroxylation is 2. The first-order valence-corrected chi connectivity index (χ1v) is 4.16. The fourth-order valence-electron chi connectivity index (χ4n) is 1.34. The van der Waals surface area contributed by atoms with E-state index in [0.29, 0.717) is 11.4 Å². The summed E-state index contributed by atoms with van der Waals surface area (Å²) >= 11 is 0. The normalized spacial score (nSPS) is 12.3. The lowest BCUT2D eigenvalue weighted by atomic mass is 10.4. The highest BCUT2D eigenvalue weighted by atomic mass is 19.4. The van der Waals surface area contributed by atoms with Crippen LogP contribution in [0.3, 0.4) is 0 Å². The maximum absolute atomic E-state index is 12.5. The van der Waals surface area contributed by atoms with Gasteiger partial charge in [-0.15, -0.1) is 10.2 Å². The number of halogens is 3. The topological polar surface area (TPSA) is 43.1 Å². The van der Waals surface area contributed by atoms with Crippen LogP contribution in [0.1, 0.15) is 17.2 Å². The molecule has 0 saturated heterocycles. The maximum atomic E-state index is 12.5. The first-order valence-electron chi connectivity index (χ1n) is 4.16. The second-order valence-electron chi connectivity index (χ2n) is 3.17. The van der Waals surface area contributed by atoms with Crippen LogP contribution in [0.5, 0.6) is 0 Å². The molecular formula is C8H7F3N4. The van der Waals surface area contributed by atoms with Gasteiger partial charge in [0.2, 0.25) is 5.82 Å². The lowest BCUT2D eigenvalue weighted by molar-refractivity contribution is -0.145. The largest absolute Gasteiger partial charge is 0.452 e. The number of hydrogen-bond donors (Lipinski definition) is 0. The molecule has 2 heterocycles. The van der Waals surface area contributed by atoms with Crippen LogP contribution in [0.4, 0.5) is 13.2 Å². The molecule has 0 bridgehead atoms. The van der Waals surface area contributed by atoms with E-state index in [0.717, 1.165) is 4.40 Å². The summed E-state index contributed by atoms with van der Waals surface area (Å²) in [7, 11) is 0. The lowest BCUT2D eigenvalue weighted by Gasteiger charge is -2.06. The molecule has 0 amide bonds. The van der Waals surface area contributed by atoms with E-state index < -0.39 is 12.0 Å². The Hall–Kier alpha value is -1.66. The van der Waals surface area contributed by atoms with Crippen LogP contribution < -0.4 is 0 Å². The highest BCUT2D eigenvalue weighted by Crippen LogP contribution is 2.28. The quantitative estimate of drug-likeness (QED) is 0.673. The van der Waals surface area contributed by atoms with Crippen molar-refractivity contribution in [2.24, 2.45) is 0 Å². The van der Waals surface area contributed by atoms with Crippen molar-refractivity contribution in [3.63, 3.8) is 0 Å². The molecule has 4 nitrogen and oxygen atoms in total. The minimum absolute atomic E-state index is 0.141. The van der Waals surface area contributed by atoms with E-state index in [1.165, 1.54) is 13.1 Å². The van der Waals surface area contributed by atoms with E-state index in [9.17, 15) is 13.2 Å². The van der Waals surface area contributed by atoms with E-state index >= 15 is 0 Å². The monoisotopic (exact) mass is 216 g/mol. The molecular weight excluding hydrogens is 209 g/mol. The average Bonchev–Trinajstić information content (AvgIpc) is 2.55. The van der Waals surface area contributed by atoms with Gasteiger partial charge in [-0.25, -0.2) is 0 Å². The van der Waals surface area contributed by atoms with Crippen LogP contribution in [0.2, 0.25) is 0 Å². The number of nitrogens with zero attached hydrogens (tertiary/aromatic N) is 4. The minimum Gasteiger partial charge on any atom is -0.273 e. The van der Waals surface area contributed by atoms with Crippen molar-refractivity contribution in [3.05, 3.63) is 23.4 Å². The van der Waals surface area contributed by atoms with Crippen LogP contribution in [0.25, 0.3) is 5.65 Å². The number of fused-ring (bicyclic) bond motifs is 1. The summed E-state index contributed by atoms with van der Waals surface area (Å²) in [6.45, 7) is 3.11. The van der Waals surface area contributed by atoms with Gasteiger partial charge in [0.05, 0.1) is 5.69 Å². The SMILES string of the molecule is Cc1ncc(C)n2c(C(F)(F)F)nnc12. The molecule has 7 heteroatoms. The first kappa shape index (κ1) is 9.88. The molecule has 0 fully saturated rings.